The molecule has 0 heterocycles. The lowest BCUT2D eigenvalue weighted by atomic mass is 10.0. The van der Waals surface area contributed by atoms with Gasteiger partial charge in [0.2, 0.25) is 0 Å². The van der Waals surface area contributed by atoms with Crippen molar-refractivity contribution in [1.82, 2.24) is 0 Å². The average molecular weight is 198 g/mol. The molecule has 0 radical (unpaired) electrons. The van der Waals surface area contributed by atoms with Gasteiger partial charge in [0.05, 0.1) is 0 Å². The van der Waals surface area contributed by atoms with Crippen molar-refractivity contribution in [3.63, 3.8) is 0 Å². The van der Waals surface area contributed by atoms with Crippen LogP contribution in [0.15, 0.2) is 18.2 Å². The number of halogens is 1. The number of benzene rings is 1. The molecule has 1 rings (SSSR count). The molecule has 0 aliphatic carbocycles. The SMILES string of the molecule is CC(=O)Cc1cccc(N)c1CCl. The van der Waals surface area contributed by atoms with Crippen molar-refractivity contribution in [2.24, 2.45) is 0 Å². The highest BCUT2D eigenvalue weighted by Crippen LogP contribution is 2.19. The largest absolute Gasteiger partial charge is 0.398 e. The molecule has 0 aliphatic heterocycles. The minimum absolute atomic E-state index is 0.122. The van der Waals surface area contributed by atoms with Gasteiger partial charge < -0.3 is 5.73 Å². The Morgan fingerprint density at radius 2 is 2.23 bits per heavy atom. The quantitative estimate of drug-likeness (QED) is 0.596. The van der Waals surface area contributed by atoms with Gasteiger partial charge in [-0.2, -0.15) is 0 Å². The van der Waals surface area contributed by atoms with Crippen molar-refractivity contribution >= 4 is 23.1 Å². The van der Waals surface area contributed by atoms with Crippen LogP contribution in [0.5, 0.6) is 0 Å². The van der Waals surface area contributed by atoms with E-state index in [2.05, 4.69) is 0 Å². The van der Waals surface area contributed by atoms with Crippen LogP contribution in [0.1, 0.15) is 18.1 Å². The van der Waals surface area contributed by atoms with Gasteiger partial charge in [-0.05, 0) is 24.1 Å². The van der Waals surface area contributed by atoms with E-state index in [0.29, 0.717) is 18.0 Å². The van der Waals surface area contributed by atoms with Gasteiger partial charge in [0.15, 0.2) is 0 Å². The van der Waals surface area contributed by atoms with E-state index in [0.717, 1.165) is 11.1 Å². The Morgan fingerprint density at radius 3 is 2.77 bits per heavy atom. The summed E-state index contributed by atoms with van der Waals surface area (Å²) in [5.74, 6) is 0.479. The lowest BCUT2D eigenvalue weighted by Gasteiger charge is -2.07. The van der Waals surface area contributed by atoms with Crippen LogP contribution in [0.25, 0.3) is 0 Å². The molecule has 0 unspecified atom stereocenters. The Balaban J connectivity index is 3.05. The summed E-state index contributed by atoms with van der Waals surface area (Å²) in [5, 5.41) is 0. The molecule has 0 fully saturated rings. The lowest BCUT2D eigenvalue weighted by molar-refractivity contribution is -0.116. The molecule has 0 aliphatic rings. The molecule has 0 saturated carbocycles. The van der Waals surface area contributed by atoms with E-state index in [1.165, 1.54) is 0 Å². The Labute approximate surface area is 82.7 Å². The molecule has 3 heteroatoms. The van der Waals surface area contributed by atoms with E-state index in [-0.39, 0.29) is 5.78 Å². The van der Waals surface area contributed by atoms with E-state index >= 15 is 0 Å². The first-order chi connectivity index (χ1) is 6.15. The Kier molecular flexibility index (Phi) is 3.32. The summed E-state index contributed by atoms with van der Waals surface area (Å²) in [6, 6.07) is 5.51. The number of hydrogen-bond acceptors (Lipinski definition) is 2. The minimum atomic E-state index is 0.122. The molecule has 0 atom stereocenters. The Hall–Kier alpha value is -1.02. The van der Waals surface area contributed by atoms with Crippen molar-refractivity contribution in [2.45, 2.75) is 19.2 Å². The zero-order valence-electron chi connectivity index (χ0n) is 7.51. The minimum Gasteiger partial charge on any atom is -0.398 e. The molecule has 0 bridgehead atoms. The summed E-state index contributed by atoms with van der Waals surface area (Å²) in [7, 11) is 0. The molecule has 1 aromatic rings. The third-order valence-electron chi connectivity index (χ3n) is 1.88. The van der Waals surface area contributed by atoms with Crippen LogP contribution in [0.3, 0.4) is 0 Å². The van der Waals surface area contributed by atoms with Crippen molar-refractivity contribution in [3.05, 3.63) is 29.3 Å². The van der Waals surface area contributed by atoms with E-state index in [1.807, 2.05) is 12.1 Å². The van der Waals surface area contributed by atoms with Gasteiger partial charge in [-0.3, -0.25) is 4.79 Å². The number of Topliss-reactive ketones (excluding diaryl/α,β-unsaturated/α-hetero) is 1. The summed E-state index contributed by atoms with van der Waals surface area (Å²) in [6.45, 7) is 1.56. The maximum Gasteiger partial charge on any atom is 0.134 e. The van der Waals surface area contributed by atoms with Crippen molar-refractivity contribution in [2.75, 3.05) is 5.73 Å². The van der Waals surface area contributed by atoms with Gasteiger partial charge in [0, 0.05) is 18.0 Å². The number of nitrogen functional groups attached to an aromatic ring is 1. The summed E-state index contributed by atoms with van der Waals surface area (Å²) < 4.78 is 0. The second-order valence-electron chi connectivity index (χ2n) is 3.00. The first-order valence-corrected chi connectivity index (χ1v) is 4.60. The fourth-order valence-electron chi connectivity index (χ4n) is 1.25. The molecule has 1 aromatic carbocycles. The van der Waals surface area contributed by atoms with E-state index in [4.69, 9.17) is 17.3 Å². The number of nitrogens with two attached hydrogens (primary N) is 1. The van der Waals surface area contributed by atoms with Crippen LogP contribution in [-0.4, -0.2) is 5.78 Å². The van der Waals surface area contributed by atoms with Gasteiger partial charge >= 0.3 is 0 Å². The van der Waals surface area contributed by atoms with Crippen LogP contribution < -0.4 is 5.73 Å². The fraction of sp³-hybridized carbons (Fsp3) is 0.300. The van der Waals surface area contributed by atoms with Crippen LogP contribution in [0.4, 0.5) is 5.69 Å². The van der Waals surface area contributed by atoms with E-state index in [1.54, 1.807) is 13.0 Å². The molecule has 2 nitrogen and oxygen atoms in total. The van der Waals surface area contributed by atoms with Crippen LogP contribution >= 0.6 is 11.6 Å². The van der Waals surface area contributed by atoms with Crippen molar-refractivity contribution in [3.8, 4) is 0 Å². The highest BCUT2D eigenvalue weighted by Gasteiger charge is 2.06. The first-order valence-electron chi connectivity index (χ1n) is 4.06. The average Bonchev–Trinajstić information content (AvgIpc) is 2.03. The lowest BCUT2D eigenvalue weighted by Crippen LogP contribution is -2.02. The Bertz CT molecular complexity index is 323. The topological polar surface area (TPSA) is 43.1 Å². The maximum atomic E-state index is 10.9. The molecule has 0 saturated heterocycles. The molecular formula is C10H12ClNO. The zero-order chi connectivity index (χ0) is 9.84. The van der Waals surface area contributed by atoms with Crippen LogP contribution in [0, 0.1) is 0 Å². The predicted molar refractivity (Wildman–Crippen MR) is 54.8 cm³/mol. The van der Waals surface area contributed by atoms with Crippen molar-refractivity contribution < 1.29 is 4.79 Å². The molecule has 70 valence electrons. The molecule has 0 spiro atoms. The molecule has 2 N–H and O–H groups in total. The smallest absolute Gasteiger partial charge is 0.134 e. The second kappa shape index (κ2) is 4.28. The number of anilines is 1. The van der Waals surface area contributed by atoms with E-state index < -0.39 is 0 Å². The highest BCUT2D eigenvalue weighted by atomic mass is 35.5. The van der Waals surface area contributed by atoms with Crippen LogP contribution in [-0.2, 0) is 17.1 Å². The number of ketones is 1. The number of rotatable bonds is 3. The maximum absolute atomic E-state index is 10.9. The monoisotopic (exact) mass is 197 g/mol. The van der Waals surface area contributed by atoms with Gasteiger partial charge in [-0.1, -0.05) is 12.1 Å². The van der Waals surface area contributed by atoms with Gasteiger partial charge in [0.25, 0.3) is 0 Å². The van der Waals surface area contributed by atoms with Crippen molar-refractivity contribution in [1.29, 1.82) is 0 Å². The fourth-order valence-corrected chi connectivity index (χ4v) is 1.58. The Morgan fingerprint density at radius 1 is 1.54 bits per heavy atom. The summed E-state index contributed by atoms with van der Waals surface area (Å²) in [5.41, 5.74) is 8.18. The highest BCUT2D eigenvalue weighted by molar-refractivity contribution is 6.17. The van der Waals surface area contributed by atoms with Crippen LogP contribution in [0.2, 0.25) is 0 Å². The first kappa shape index (κ1) is 10.1. The third-order valence-corrected chi connectivity index (χ3v) is 2.15. The standard InChI is InChI=1S/C10H12ClNO/c1-7(13)5-8-3-2-4-10(12)9(8)6-11/h2-4H,5-6,12H2,1H3. The van der Waals surface area contributed by atoms with Gasteiger partial charge in [-0.15, -0.1) is 11.6 Å². The normalized spacial score (nSPS) is 10.0. The number of carbonyl (C=O) groups excluding carboxylic acids is 1. The molecule has 0 aromatic heterocycles. The van der Waals surface area contributed by atoms with Gasteiger partial charge in [-0.25, -0.2) is 0 Å². The molecular weight excluding hydrogens is 186 g/mol. The number of hydrogen-bond donors (Lipinski definition) is 1. The zero-order valence-corrected chi connectivity index (χ0v) is 8.27. The number of alkyl halides is 1. The third kappa shape index (κ3) is 2.46. The summed E-state index contributed by atoms with van der Waals surface area (Å²) in [4.78, 5) is 10.9. The number of carbonyl (C=O) groups is 1. The summed E-state index contributed by atoms with van der Waals surface area (Å²) >= 11 is 5.73. The molecule has 0 amide bonds. The second-order valence-corrected chi connectivity index (χ2v) is 3.26. The predicted octanol–water partition coefficient (Wildman–Crippen LogP) is 2.14. The van der Waals surface area contributed by atoms with E-state index in [9.17, 15) is 4.79 Å². The van der Waals surface area contributed by atoms with Gasteiger partial charge in [0.1, 0.15) is 5.78 Å². The molecule has 13 heavy (non-hydrogen) atoms. The summed E-state index contributed by atoms with van der Waals surface area (Å²) in [6.07, 6.45) is 0.410.